The predicted molar refractivity (Wildman–Crippen MR) is 106 cm³/mol. The number of pyridine rings is 1. The summed E-state index contributed by atoms with van der Waals surface area (Å²) in [6, 6.07) is 4.13. The summed E-state index contributed by atoms with van der Waals surface area (Å²) >= 11 is 6.18. The molecule has 3 fully saturated rings. The lowest BCUT2D eigenvalue weighted by Crippen LogP contribution is -2.28. The maximum atomic E-state index is 6.18. The van der Waals surface area contributed by atoms with Gasteiger partial charge in [-0.15, -0.1) is 0 Å². The van der Waals surface area contributed by atoms with E-state index in [0.717, 1.165) is 48.7 Å². The van der Waals surface area contributed by atoms with Gasteiger partial charge in [-0.2, -0.15) is 5.10 Å². The number of methoxy groups -OCH3 is 1. The number of ether oxygens (including phenoxy) is 1. The van der Waals surface area contributed by atoms with Crippen LogP contribution in [0.1, 0.15) is 24.5 Å². The van der Waals surface area contributed by atoms with Gasteiger partial charge < -0.3 is 15.4 Å². The van der Waals surface area contributed by atoms with E-state index >= 15 is 0 Å². The molecular weight excluding hydrogens is 362 g/mol. The predicted octanol–water partition coefficient (Wildman–Crippen LogP) is 2.88. The minimum absolute atomic E-state index is 0.367. The number of nitrogen functional groups attached to an aromatic ring is 1. The van der Waals surface area contributed by atoms with Crippen LogP contribution in [0.15, 0.2) is 18.3 Å². The second kappa shape index (κ2) is 6.76. The summed E-state index contributed by atoms with van der Waals surface area (Å²) in [5.41, 5.74) is 9.06. The number of nitrogens with two attached hydrogens (primary N) is 1. The molecule has 7 heteroatoms. The van der Waals surface area contributed by atoms with E-state index in [2.05, 4.69) is 20.6 Å². The molecule has 1 saturated heterocycles. The van der Waals surface area contributed by atoms with Gasteiger partial charge in [-0.05, 0) is 42.7 Å². The van der Waals surface area contributed by atoms with Crippen molar-refractivity contribution in [1.82, 2.24) is 19.7 Å². The smallest absolute Gasteiger partial charge is 0.142 e. The Kier molecular flexibility index (Phi) is 4.37. The Morgan fingerprint density at radius 3 is 2.70 bits per heavy atom. The highest BCUT2D eigenvalue weighted by atomic mass is 35.5. The van der Waals surface area contributed by atoms with Crippen LogP contribution in [0.2, 0.25) is 5.02 Å². The van der Waals surface area contributed by atoms with Crippen LogP contribution in [-0.2, 0) is 11.3 Å². The molecule has 2 atom stereocenters. The Morgan fingerprint density at radius 1 is 1.26 bits per heavy atom. The third-order valence-electron chi connectivity index (χ3n) is 6.33. The van der Waals surface area contributed by atoms with Crippen molar-refractivity contribution in [2.24, 2.45) is 17.8 Å². The summed E-state index contributed by atoms with van der Waals surface area (Å²) in [5, 5.41) is 5.42. The lowest BCUT2D eigenvalue weighted by Gasteiger charge is -2.19. The molecule has 0 radical (unpaired) electrons. The van der Waals surface area contributed by atoms with Gasteiger partial charge in [-0.3, -0.25) is 4.68 Å². The van der Waals surface area contributed by atoms with Crippen molar-refractivity contribution in [3.05, 3.63) is 29.0 Å². The van der Waals surface area contributed by atoms with Gasteiger partial charge in [0, 0.05) is 56.7 Å². The van der Waals surface area contributed by atoms with Crippen LogP contribution in [0.5, 0.6) is 0 Å². The lowest BCUT2D eigenvalue weighted by molar-refractivity contribution is 0.153. The number of likely N-dealkylation sites (tertiary alicyclic amines) is 1. The number of piperidine rings is 1. The first-order valence-corrected chi connectivity index (χ1v) is 10.2. The zero-order chi connectivity index (χ0) is 18.5. The normalized spacial score (nSPS) is 27.1. The van der Waals surface area contributed by atoms with Crippen LogP contribution >= 0.6 is 11.6 Å². The number of nitrogens with zero attached hydrogens (tertiary/aromatic N) is 4. The average molecular weight is 388 g/mol. The molecule has 2 aliphatic carbocycles. The minimum Gasteiger partial charge on any atom is -0.383 e. The van der Waals surface area contributed by atoms with Crippen LogP contribution in [0.4, 0.5) is 5.82 Å². The molecule has 6 nitrogen and oxygen atoms in total. The van der Waals surface area contributed by atoms with Gasteiger partial charge in [0.1, 0.15) is 5.82 Å². The van der Waals surface area contributed by atoms with Crippen LogP contribution in [0.3, 0.4) is 0 Å². The number of hydrogen-bond donors (Lipinski definition) is 1. The quantitative estimate of drug-likeness (QED) is 0.791. The van der Waals surface area contributed by atoms with Crippen LogP contribution in [0.25, 0.3) is 11.3 Å². The maximum absolute atomic E-state index is 6.18. The van der Waals surface area contributed by atoms with Crippen LogP contribution in [-0.4, -0.2) is 53.0 Å². The maximum Gasteiger partial charge on any atom is 0.142 e. The summed E-state index contributed by atoms with van der Waals surface area (Å²) in [6.07, 6.45) is 4.42. The molecule has 2 unspecified atom stereocenters. The average Bonchev–Trinajstić information content (AvgIpc) is 3.50. The fourth-order valence-electron chi connectivity index (χ4n) is 4.58. The summed E-state index contributed by atoms with van der Waals surface area (Å²) in [4.78, 5) is 6.73. The Hall–Kier alpha value is -1.63. The van der Waals surface area contributed by atoms with Gasteiger partial charge in [0.05, 0.1) is 17.3 Å². The van der Waals surface area contributed by atoms with Crippen molar-refractivity contribution in [2.45, 2.75) is 25.3 Å². The van der Waals surface area contributed by atoms with Gasteiger partial charge in [0.25, 0.3) is 0 Å². The molecular formula is C20H26ClN5O. The molecule has 0 amide bonds. The largest absolute Gasteiger partial charge is 0.383 e. The van der Waals surface area contributed by atoms with E-state index in [1.807, 2.05) is 6.07 Å². The van der Waals surface area contributed by atoms with E-state index in [1.54, 1.807) is 13.3 Å². The number of anilines is 1. The van der Waals surface area contributed by atoms with Crippen molar-refractivity contribution in [3.8, 4) is 11.3 Å². The molecule has 2 N–H and O–H groups in total. The summed E-state index contributed by atoms with van der Waals surface area (Å²) in [7, 11) is 1.77. The first-order chi connectivity index (χ1) is 13.1. The van der Waals surface area contributed by atoms with Gasteiger partial charge in [0.15, 0.2) is 0 Å². The van der Waals surface area contributed by atoms with E-state index in [4.69, 9.17) is 27.2 Å². The Labute approximate surface area is 164 Å². The monoisotopic (exact) mass is 387 g/mol. The second-order valence-corrected chi connectivity index (χ2v) is 8.68. The molecule has 2 saturated carbocycles. The highest BCUT2D eigenvalue weighted by molar-refractivity contribution is 6.33. The van der Waals surface area contributed by atoms with Crippen molar-refractivity contribution in [3.63, 3.8) is 0 Å². The number of aromatic nitrogens is 3. The molecule has 0 aromatic carbocycles. The molecule has 5 rings (SSSR count). The summed E-state index contributed by atoms with van der Waals surface area (Å²) < 4.78 is 7.49. The fourth-order valence-corrected chi connectivity index (χ4v) is 4.74. The molecule has 3 heterocycles. The fraction of sp³-hybridized carbons (Fsp3) is 0.600. The van der Waals surface area contributed by atoms with E-state index < -0.39 is 0 Å². The van der Waals surface area contributed by atoms with Crippen LogP contribution in [0, 0.1) is 17.8 Å². The zero-order valence-electron chi connectivity index (χ0n) is 15.6. The molecule has 1 aliphatic heterocycles. The molecule has 2 aromatic rings. The van der Waals surface area contributed by atoms with Crippen molar-refractivity contribution < 1.29 is 4.74 Å². The highest BCUT2D eigenvalue weighted by Gasteiger charge is 2.57. The van der Waals surface area contributed by atoms with Gasteiger partial charge in [-0.1, -0.05) is 11.6 Å². The van der Waals surface area contributed by atoms with E-state index in [9.17, 15) is 0 Å². The number of halogens is 1. The minimum atomic E-state index is 0.367. The van der Waals surface area contributed by atoms with Crippen molar-refractivity contribution in [2.75, 3.05) is 39.1 Å². The third kappa shape index (κ3) is 3.35. The first-order valence-electron chi connectivity index (χ1n) is 9.84. The lowest BCUT2D eigenvalue weighted by atomic mass is 10.1. The third-order valence-corrected chi connectivity index (χ3v) is 6.63. The first kappa shape index (κ1) is 17.5. The number of rotatable bonds is 7. The molecule has 144 valence electrons. The van der Waals surface area contributed by atoms with Gasteiger partial charge in [-0.25, -0.2) is 4.98 Å². The standard InChI is InChI=1S/C20H26ClN5O/c1-27-5-4-25-10-14-15(11-25)19(14)18-7-17(24-26(18)9-12-2-3-12)13-6-16(21)20(22)23-8-13/h6-8,12,14-15,19H,2-5,9-11H2,1H3,(H2,22,23). The topological polar surface area (TPSA) is 69.2 Å². The molecule has 0 spiro atoms. The Bertz CT molecular complexity index is 837. The van der Waals surface area contributed by atoms with E-state index in [0.29, 0.717) is 16.8 Å². The van der Waals surface area contributed by atoms with Crippen molar-refractivity contribution in [1.29, 1.82) is 0 Å². The summed E-state index contributed by atoms with van der Waals surface area (Å²) in [6.45, 7) is 5.25. The van der Waals surface area contributed by atoms with E-state index in [1.165, 1.54) is 31.6 Å². The van der Waals surface area contributed by atoms with Gasteiger partial charge in [0.2, 0.25) is 0 Å². The Morgan fingerprint density at radius 2 is 2.04 bits per heavy atom. The van der Waals surface area contributed by atoms with Gasteiger partial charge >= 0.3 is 0 Å². The molecule has 2 aromatic heterocycles. The molecule has 3 aliphatic rings. The second-order valence-electron chi connectivity index (χ2n) is 8.28. The molecule has 27 heavy (non-hydrogen) atoms. The SMILES string of the molecule is COCCN1CC2C(C1)C2c1cc(-c2cnc(N)c(Cl)c2)nn1CC1CC1. The number of hydrogen-bond acceptors (Lipinski definition) is 5. The van der Waals surface area contributed by atoms with E-state index in [-0.39, 0.29) is 0 Å². The number of fused-ring (bicyclic) bond motifs is 1. The van der Waals surface area contributed by atoms with Crippen molar-refractivity contribution >= 4 is 17.4 Å². The highest BCUT2D eigenvalue weighted by Crippen LogP contribution is 2.58. The van der Waals surface area contributed by atoms with Crippen LogP contribution < -0.4 is 5.73 Å². The molecule has 0 bridgehead atoms. The summed E-state index contributed by atoms with van der Waals surface area (Å²) in [5.74, 6) is 3.32. The zero-order valence-corrected chi connectivity index (χ0v) is 16.4. The Balaban J connectivity index is 1.38.